The molecule has 0 amide bonds. The Morgan fingerprint density at radius 2 is 2.04 bits per heavy atom. The summed E-state index contributed by atoms with van der Waals surface area (Å²) in [6, 6.07) is 4.93. The van der Waals surface area contributed by atoms with E-state index < -0.39 is 12.6 Å². The van der Waals surface area contributed by atoms with Crippen LogP contribution in [0, 0.1) is 0 Å². The molecule has 3 heterocycles. The maximum absolute atomic E-state index is 12.7. The molecule has 1 aliphatic rings. The molecule has 2 aromatic heterocycles. The van der Waals surface area contributed by atoms with Gasteiger partial charge in [-0.15, -0.1) is 0 Å². The van der Waals surface area contributed by atoms with Gasteiger partial charge in [-0.25, -0.2) is 0 Å². The number of nitrogen functional groups attached to an aromatic ring is 1. The van der Waals surface area contributed by atoms with E-state index in [1.807, 2.05) is 13.8 Å². The summed E-state index contributed by atoms with van der Waals surface area (Å²) >= 11 is 6.05. The minimum atomic E-state index is -4.28. The van der Waals surface area contributed by atoms with E-state index in [9.17, 15) is 13.2 Å². The van der Waals surface area contributed by atoms with Gasteiger partial charge in [0.1, 0.15) is 11.6 Å². The van der Waals surface area contributed by atoms with Crippen LogP contribution < -0.4 is 11.1 Å². The predicted molar refractivity (Wildman–Crippen MR) is 102 cm³/mol. The van der Waals surface area contributed by atoms with E-state index in [2.05, 4.69) is 20.4 Å². The molecule has 6 nitrogen and oxygen atoms in total. The largest absolute Gasteiger partial charge is 0.389 e. The van der Waals surface area contributed by atoms with Gasteiger partial charge in [0.2, 0.25) is 0 Å². The Morgan fingerprint density at radius 1 is 1.29 bits per heavy atom. The molecule has 0 radical (unpaired) electrons. The van der Waals surface area contributed by atoms with Gasteiger partial charge in [-0.2, -0.15) is 32.9 Å². The van der Waals surface area contributed by atoms with Crippen LogP contribution in [-0.4, -0.2) is 32.5 Å². The van der Waals surface area contributed by atoms with Crippen LogP contribution in [0.2, 0.25) is 5.02 Å². The first-order chi connectivity index (χ1) is 13.0. The number of benzene rings is 1. The van der Waals surface area contributed by atoms with Gasteiger partial charge in [-0.3, -0.25) is 0 Å². The third-order valence-corrected chi connectivity index (χ3v) is 5.09. The van der Waals surface area contributed by atoms with Crippen LogP contribution in [-0.2, 0) is 11.8 Å². The number of hydrogen-bond acceptors (Lipinski definition) is 5. The topological polar surface area (TPSA) is 81.7 Å². The van der Waals surface area contributed by atoms with Crippen molar-refractivity contribution in [3.8, 4) is 5.95 Å². The van der Waals surface area contributed by atoms with Crippen molar-refractivity contribution >= 4 is 34.1 Å². The summed E-state index contributed by atoms with van der Waals surface area (Å²) in [5.74, 6) is 1.14. The standard InChI is InChI=1S/C18H18ClF3N6/c1-17(2)8-24-15-13(17)14(23)25-16(26-15)28-12-4-3-9(19)7-10(12)11(27-28)5-6-18(20,21)22/h3-4,7H,5-6,8H2,1-2H3,(H3,23,24,25,26). The molecular formula is C18H18ClF3N6. The highest BCUT2D eigenvalue weighted by Gasteiger charge is 2.35. The summed E-state index contributed by atoms with van der Waals surface area (Å²) in [6.07, 6.45) is -5.52. The van der Waals surface area contributed by atoms with Crippen LogP contribution in [0.4, 0.5) is 24.8 Å². The summed E-state index contributed by atoms with van der Waals surface area (Å²) in [4.78, 5) is 8.90. The molecule has 28 heavy (non-hydrogen) atoms. The third-order valence-electron chi connectivity index (χ3n) is 4.85. The zero-order chi connectivity index (χ0) is 20.3. The monoisotopic (exact) mass is 410 g/mol. The Hall–Kier alpha value is -2.55. The molecule has 0 atom stereocenters. The van der Waals surface area contributed by atoms with Crippen molar-refractivity contribution < 1.29 is 13.2 Å². The van der Waals surface area contributed by atoms with Crippen molar-refractivity contribution in [1.29, 1.82) is 0 Å². The van der Waals surface area contributed by atoms with Crippen LogP contribution in [0.15, 0.2) is 18.2 Å². The van der Waals surface area contributed by atoms with Gasteiger partial charge in [0.05, 0.1) is 11.2 Å². The number of fused-ring (bicyclic) bond motifs is 2. The fourth-order valence-corrected chi connectivity index (χ4v) is 3.67. The quantitative estimate of drug-likeness (QED) is 0.674. The van der Waals surface area contributed by atoms with Crippen molar-refractivity contribution in [2.45, 2.75) is 38.3 Å². The zero-order valence-electron chi connectivity index (χ0n) is 15.2. The summed E-state index contributed by atoms with van der Waals surface area (Å²) in [5.41, 5.74) is 7.64. The van der Waals surface area contributed by atoms with E-state index in [1.54, 1.807) is 18.2 Å². The summed E-state index contributed by atoms with van der Waals surface area (Å²) in [7, 11) is 0. The molecule has 0 fully saturated rings. The maximum atomic E-state index is 12.7. The first-order valence-corrected chi connectivity index (χ1v) is 9.09. The van der Waals surface area contributed by atoms with Crippen molar-refractivity contribution in [3.05, 3.63) is 34.5 Å². The second kappa shape index (κ2) is 6.23. The van der Waals surface area contributed by atoms with Crippen LogP contribution in [0.3, 0.4) is 0 Å². The number of alkyl halides is 3. The highest BCUT2D eigenvalue weighted by molar-refractivity contribution is 6.31. The lowest BCUT2D eigenvalue weighted by atomic mass is 9.88. The Morgan fingerprint density at radius 3 is 2.75 bits per heavy atom. The molecular weight excluding hydrogens is 393 g/mol. The molecule has 0 saturated carbocycles. The highest BCUT2D eigenvalue weighted by atomic mass is 35.5. The van der Waals surface area contributed by atoms with E-state index in [0.717, 1.165) is 5.56 Å². The highest BCUT2D eigenvalue weighted by Crippen LogP contribution is 2.39. The number of anilines is 2. The Kier molecular flexibility index (Phi) is 4.18. The molecule has 1 aliphatic heterocycles. The predicted octanol–water partition coefficient (Wildman–Crippen LogP) is 4.25. The number of nitrogens with two attached hydrogens (primary N) is 1. The Bertz CT molecular complexity index is 1070. The van der Waals surface area contributed by atoms with E-state index in [0.29, 0.717) is 34.1 Å². The van der Waals surface area contributed by atoms with Gasteiger partial charge in [0.15, 0.2) is 0 Å². The number of rotatable bonds is 3. The van der Waals surface area contributed by atoms with Crippen molar-refractivity contribution in [2.24, 2.45) is 0 Å². The summed E-state index contributed by atoms with van der Waals surface area (Å²) in [6.45, 7) is 4.73. The van der Waals surface area contributed by atoms with Crippen molar-refractivity contribution in [2.75, 3.05) is 17.6 Å². The fourth-order valence-electron chi connectivity index (χ4n) is 3.50. The molecule has 10 heteroatoms. The number of aryl methyl sites for hydroxylation is 1. The molecule has 4 rings (SSSR count). The van der Waals surface area contributed by atoms with E-state index in [1.165, 1.54) is 4.68 Å². The third kappa shape index (κ3) is 3.23. The van der Waals surface area contributed by atoms with Crippen LogP contribution in [0.1, 0.15) is 31.5 Å². The van der Waals surface area contributed by atoms with E-state index >= 15 is 0 Å². The van der Waals surface area contributed by atoms with Gasteiger partial charge in [-0.1, -0.05) is 25.4 Å². The first kappa shape index (κ1) is 18.8. The Balaban J connectivity index is 1.85. The van der Waals surface area contributed by atoms with Crippen molar-refractivity contribution in [1.82, 2.24) is 19.7 Å². The summed E-state index contributed by atoms with van der Waals surface area (Å²) < 4.78 is 39.6. The minimum absolute atomic E-state index is 0.201. The average molecular weight is 411 g/mol. The lowest BCUT2D eigenvalue weighted by Crippen LogP contribution is -2.21. The Labute approximate surface area is 163 Å². The molecule has 0 bridgehead atoms. The fraction of sp³-hybridized carbons (Fsp3) is 0.389. The number of halogens is 4. The number of aromatic nitrogens is 4. The number of nitrogens with zero attached hydrogens (tertiary/aromatic N) is 4. The molecule has 0 unspecified atom stereocenters. The van der Waals surface area contributed by atoms with Gasteiger partial charge in [0, 0.05) is 40.8 Å². The molecule has 3 N–H and O–H groups in total. The first-order valence-electron chi connectivity index (χ1n) is 8.71. The van der Waals surface area contributed by atoms with E-state index in [4.69, 9.17) is 17.3 Å². The smallest absolute Gasteiger partial charge is 0.383 e. The van der Waals surface area contributed by atoms with Gasteiger partial charge in [0.25, 0.3) is 5.95 Å². The molecule has 0 saturated heterocycles. The lowest BCUT2D eigenvalue weighted by molar-refractivity contribution is -0.134. The van der Waals surface area contributed by atoms with Crippen LogP contribution in [0.5, 0.6) is 0 Å². The van der Waals surface area contributed by atoms with Crippen LogP contribution in [0.25, 0.3) is 16.9 Å². The van der Waals surface area contributed by atoms with Crippen molar-refractivity contribution in [3.63, 3.8) is 0 Å². The maximum Gasteiger partial charge on any atom is 0.389 e. The summed E-state index contributed by atoms with van der Waals surface area (Å²) in [5, 5.41) is 8.51. The minimum Gasteiger partial charge on any atom is -0.383 e. The normalized spacial score (nSPS) is 15.6. The second-order valence-corrected chi connectivity index (χ2v) is 7.94. The molecule has 1 aromatic carbocycles. The van der Waals surface area contributed by atoms with Gasteiger partial charge in [-0.05, 0) is 18.2 Å². The molecule has 0 spiro atoms. The molecule has 3 aromatic rings. The lowest BCUT2D eigenvalue weighted by Gasteiger charge is -2.18. The number of nitrogens with one attached hydrogen (secondary N) is 1. The van der Waals surface area contributed by atoms with E-state index in [-0.39, 0.29) is 23.5 Å². The average Bonchev–Trinajstić information content (AvgIpc) is 3.09. The molecule has 148 valence electrons. The number of hydrogen-bond donors (Lipinski definition) is 2. The second-order valence-electron chi connectivity index (χ2n) is 7.51. The van der Waals surface area contributed by atoms with Gasteiger partial charge < -0.3 is 11.1 Å². The van der Waals surface area contributed by atoms with Gasteiger partial charge >= 0.3 is 6.18 Å². The zero-order valence-corrected chi connectivity index (χ0v) is 16.0. The SMILES string of the molecule is CC1(C)CNc2nc(-n3nc(CCC(F)(F)F)c4cc(Cl)ccc43)nc(N)c21. The van der Waals surface area contributed by atoms with Crippen LogP contribution >= 0.6 is 11.6 Å². The molecule has 0 aliphatic carbocycles.